The molecule has 0 unspecified atom stereocenters. The number of carbonyl (C=O) groups is 1. The van der Waals surface area contributed by atoms with Crippen LogP contribution in [0.15, 0.2) is 42.0 Å². The number of hydrogen-bond donors (Lipinski definition) is 0. The maximum atomic E-state index is 12.9. The number of carbonyl (C=O) groups excluding carboxylic acids is 1. The molecule has 0 amide bonds. The Kier molecular flexibility index (Phi) is 5.28. The summed E-state index contributed by atoms with van der Waals surface area (Å²) in [7, 11) is 4.43. The van der Waals surface area contributed by atoms with Gasteiger partial charge in [0.25, 0.3) is 0 Å². The third-order valence-corrected chi connectivity index (χ3v) is 4.52. The van der Waals surface area contributed by atoms with Gasteiger partial charge in [-0.15, -0.1) is 0 Å². The fraction of sp³-hybridized carbons (Fsp3) is 0.350. The van der Waals surface area contributed by atoms with E-state index in [0.29, 0.717) is 0 Å². The quantitative estimate of drug-likeness (QED) is 0.756. The standard InChI is InChI=1S/C20H24NO.ClH/c1-4-5-12-21(2,3)14-17-13-16-10-6-8-15-9-7-11-18(19(15)16)20(17)22;/h6-11,13H,4-5,12,14H2,1-3H3;1H/q+1;/p-1. The fourth-order valence-electron chi connectivity index (χ4n) is 3.35. The molecule has 0 heterocycles. The summed E-state index contributed by atoms with van der Waals surface area (Å²) < 4.78 is 0.865. The second kappa shape index (κ2) is 6.86. The molecule has 0 saturated carbocycles. The van der Waals surface area contributed by atoms with Gasteiger partial charge in [0.05, 0.1) is 26.2 Å². The normalized spacial score (nSPS) is 13.7. The van der Waals surface area contributed by atoms with Gasteiger partial charge in [-0.05, 0) is 23.4 Å². The minimum absolute atomic E-state index is 0. The Bertz CT molecular complexity index is 756. The zero-order chi connectivity index (χ0) is 15.7. The van der Waals surface area contributed by atoms with Crippen LogP contribution in [0.1, 0.15) is 35.7 Å². The van der Waals surface area contributed by atoms with E-state index in [1.54, 1.807) is 0 Å². The number of unbranched alkanes of at least 4 members (excludes halogenated alkanes) is 1. The number of likely N-dealkylation sites (N-methyl/N-ethyl adjacent to an activating group) is 1. The Balaban J connectivity index is 0.00000192. The average molecular weight is 330 g/mol. The summed E-state index contributed by atoms with van der Waals surface area (Å²) in [6, 6.07) is 12.3. The van der Waals surface area contributed by atoms with E-state index in [-0.39, 0.29) is 18.2 Å². The second-order valence-corrected chi connectivity index (χ2v) is 6.92. The smallest absolute Gasteiger partial charge is 0.195 e. The predicted octanol–water partition coefficient (Wildman–Crippen LogP) is 1.30. The van der Waals surface area contributed by atoms with Gasteiger partial charge in [0.2, 0.25) is 0 Å². The van der Waals surface area contributed by atoms with Gasteiger partial charge in [-0.1, -0.05) is 49.7 Å². The number of nitrogens with zero attached hydrogens (tertiary/aromatic N) is 1. The predicted molar refractivity (Wildman–Crippen MR) is 93.0 cm³/mol. The molecular weight excluding hydrogens is 306 g/mol. The van der Waals surface area contributed by atoms with Gasteiger partial charge in [-0.25, -0.2) is 0 Å². The highest BCUT2D eigenvalue weighted by atomic mass is 35.5. The van der Waals surface area contributed by atoms with Crippen molar-refractivity contribution in [2.24, 2.45) is 0 Å². The van der Waals surface area contributed by atoms with E-state index < -0.39 is 0 Å². The summed E-state index contributed by atoms with van der Waals surface area (Å²) in [5, 5.41) is 2.26. The average Bonchev–Trinajstić information content (AvgIpc) is 2.50. The van der Waals surface area contributed by atoms with E-state index in [1.165, 1.54) is 18.4 Å². The minimum Gasteiger partial charge on any atom is -1.00 e. The Morgan fingerprint density at radius 1 is 1.04 bits per heavy atom. The first kappa shape index (κ1) is 17.7. The summed E-state index contributed by atoms with van der Waals surface area (Å²) in [5.74, 6) is 0.201. The Hall–Kier alpha value is -1.64. The van der Waals surface area contributed by atoms with E-state index in [0.717, 1.165) is 39.5 Å². The van der Waals surface area contributed by atoms with Crippen molar-refractivity contribution in [3.63, 3.8) is 0 Å². The maximum Gasteiger partial charge on any atom is 0.195 e. The molecule has 0 atom stereocenters. The van der Waals surface area contributed by atoms with Gasteiger partial charge < -0.3 is 16.9 Å². The minimum atomic E-state index is 0. The molecule has 1 aliphatic carbocycles. The van der Waals surface area contributed by atoms with Crippen LogP contribution in [-0.4, -0.2) is 37.5 Å². The van der Waals surface area contributed by atoms with Gasteiger partial charge in [-0.2, -0.15) is 0 Å². The Morgan fingerprint density at radius 3 is 2.43 bits per heavy atom. The van der Waals surface area contributed by atoms with Crippen molar-refractivity contribution in [1.82, 2.24) is 0 Å². The van der Waals surface area contributed by atoms with E-state index >= 15 is 0 Å². The number of rotatable bonds is 5. The van der Waals surface area contributed by atoms with Crippen molar-refractivity contribution in [3.8, 4) is 0 Å². The highest BCUT2D eigenvalue weighted by Crippen LogP contribution is 2.31. The van der Waals surface area contributed by atoms with Crippen LogP contribution >= 0.6 is 0 Å². The lowest BCUT2D eigenvalue weighted by molar-refractivity contribution is -0.885. The molecule has 3 rings (SSSR count). The first-order chi connectivity index (χ1) is 10.5. The molecule has 0 aromatic heterocycles. The molecular formula is C20H24ClNO. The van der Waals surface area contributed by atoms with Crippen LogP contribution < -0.4 is 12.4 Å². The summed E-state index contributed by atoms with van der Waals surface area (Å²) in [6.45, 7) is 4.11. The molecule has 2 nitrogen and oxygen atoms in total. The van der Waals surface area contributed by atoms with E-state index in [2.05, 4.69) is 51.4 Å². The van der Waals surface area contributed by atoms with Crippen molar-refractivity contribution in [2.45, 2.75) is 19.8 Å². The largest absolute Gasteiger partial charge is 1.00 e. The molecule has 0 fully saturated rings. The molecule has 0 saturated heterocycles. The van der Waals surface area contributed by atoms with E-state index in [4.69, 9.17) is 0 Å². The highest BCUT2D eigenvalue weighted by Gasteiger charge is 2.26. The van der Waals surface area contributed by atoms with Crippen LogP contribution in [0.2, 0.25) is 0 Å². The van der Waals surface area contributed by atoms with Crippen molar-refractivity contribution >= 4 is 22.6 Å². The van der Waals surface area contributed by atoms with Crippen LogP contribution in [0.25, 0.3) is 16.8 Å². The van der Waals surface area contributed by atoms with Crippen LogP contribution in [0.5, 0.6) is 0 Å². The molecule has 0 spiro atoms. The van der Waals surface area contributed by atoms with Gasteiger partial charge in [0, 0.05) is 10.9 Å². The molecule has 2 aromatic carbocycles. The van der Waals surface area contributed by atoms with Crippen LogP contribution in [-0.2, 0) is 0 Å². The van der Waals surface area contributed by atoms with Crippen LogP contribution in [0, 0.1) is 0 Å². The molecule has 1 aliphatic rings. The Morgan fingerprint density at radius 2 is 1.74 bits per heavy atom. The molecule has 2 aromatic rings. The Labute approximate surface area is 144 Å². The number of benzene rings is 2. The van der Waals surface area contributed by atoms with Crippen molar-refractivity contribution in [1.29, 1.82) is 0 Å². The third-order valence-electron chi connectivity index (χ3n) is 4.52. The number of halogens is 1. The molecule has 23 heavy (non-hydrogen) atoms. The van der Waals surface area contributed by atoms with Gasteiger partial charge in [-0.3, -0.25) is 4.79 Å². The monoisotopic (exact) mass is 329 g/mol. The molecule has 0 radical (unpaired) electrons. The van der Waals surface area contributed by atoms with Gasteiger partial charge in [0.1, 0.15) is 6.54 Å². The summed E-state index contributed by atoms with van der Waals surface area (Å²) >= 11 is 0. The molecule has 0 bridgehead atoms. The maximum absolute atomic E-state index is 12.9. The lowest BCUT2D eigenvalue weighted by atomic mass is 9.87. The first-order valence-corrected chi connectivity index (χ1v) is 8.11. The highest BCUT2D eigenvalue weighted by molar-refractivity contribution is 6.22. The summed E-state index contributed by atoms with van der Waals surface area (Å²) in [5.41, 5.74) is 2.98. The van der Waals surface area contributed by atoms with E-state index in [9.17, 15) is 4.79 Å². The number of Topliss-reactive ketones (excluding diaryl/α,β-unsaturated/α-hetero) is 1. The SMILES string of the molecule is CCCC[N+](C)(C)CC1=Cc2cccc3cccc(c23)C1=O.[Cl-]. The van der Waals surface area contributed by atoms with Crippen LogP contribution in [0.4, 0.5) is 0 Å². The molecule has 3 heteroatoms. The topological polar surface area (TPSA) is 17.1 Å². The third kappa shape index (κ3) is 3.49. The van der Waals surface area contributed by atoms with Gasteiger partial charge >= 0.3 is 0 Å². The van der Waals surface area contributed by atoms with Crippen molar-refractivity contribution in [3.05, 3.63) is 53.1 Å². The summed E-state index contributed by atoms with van der Waals surface area (Å²) in [6.07, 6.45) is 4.49. The van der Waals surface area contributed by atoms with Crippen molar-refractivity contribution in [2.75, 3.05) is 27.2 Å². The molecule has 0 aliphatic heterocycles. The molecule has 0 N–H and O–H groups in total. The van der Waals surface area contributed by atoms with Crippen molar-refractivity contribution < 1.29 is 21.7 Å². The lowest BCUT2D eigenvalue weighted by Crippen LogP contribution is -3.00. The fourth-order valence-corrected chi connectivity index (χ4v) is 3.35. The zero-order valence-electron chi connectivity index (χ0n) is 14.1. The number of ketones is 1. The lowest BCUT2D eigenvalue weighted by Gasteiger charge is -2.31. The zero-order valence-corrected chi connectivity index (χ0v) is 14.9. The number of hydrogen-bond acceptors (Lipinski definition) is 1. The van der Waals surface area contributed by atoms with E-state index in [1.807, 2.05) is 12.1 Å². The molecule has 122 valence electrons. The summed E-state index contributed by atoms with van der Waals surface area (Å²) in [4.78, 5) is 12.9. The number of quaternary nitrogens is 1. The second-order valence-electron chi connectivity index (χ2n) is 6.92. The first-order valence-electron chi connectivity index (χ1n) is 8.11. The van der Waals surface area contributed by atoms with Crippen LogP contribution in [0.3, 0.4) is 0 Å². The van der Waals surface area contributed by atoms with Gasteiger partial charge in [0.15, 0.2) is 5.78 Å².